The summed E-state index contributed by atoms with van der Waals surface area (Å²) in [6.45, 7) is 1.33. The van der Waals surface area contributed by atoms with Crippen LogP contribution >= 0.6 is 0 Å². The number of carbonyl (C=O) groups excluding carboxylic acids is 2. The summed E-state index contributed by atoms with van der Waals surface area (Å²) in [7, 11) is 0. The lowest BCUT2D eigenvalue weighted by Gasteiger charge is -2.56. The highest BCUT2D eigenvalue weighted by Gasteiger charge is 2.63. The van der Waals surface area contributed by atoms with Gasteiger partial charge in [-0.15, -0.1) is 0 Å². The molecule has 0 N–H and O–H groups in total. The zero-order chi connectivity index (χ0) is 14.5. The molecule has 4 aliphatic rings. The lowest BCUT2D eigenvalue weighted by molar-refractivity contribution is -0.188. The summed E-state index contributed by atoms with van der Waals surface area (Å²) in [6, 6.07) is 0. The van der Waals surface area contributed by atoms with Crippen LogP contribution in [0.4, 0.5) is 8.78 Å². The van der Waals surface area contributed by atoms with Crippen molar-refractivity contribution in [2.75, 3.05) is 6.61 Å². The quantitative estimate of drug-likeness (QED) is 0.589. The van der Waals surface area contributed by atoms with Crippen LogP contribution in [0, 0.1) is 23.2 Å². The summed E-state index contributed by atoms with van der Waals surface area (Å²) in [5.74, 6) is -5.67. The van der Waals surface area contributed by atoms with Crippen LogP contribution in [0.1, 0.15) is 45.4 Å². The second-order valence-corrected chi connectivity index (χ2v) is 6.82. The maximum absolute atomic E-state index is 14.1. The zero-order valence-electron chi connectivity index (χ0n) is 11.7. The van der Waals surface area contributed by atoms with Crippen LogP contribution in [-0.2, 0) is 14.3 Å². The third-order valence-electron chi connectivity index (χ3n) is 5.34. The van der Waals surface area contributed by atoms with Crippen LogP contribution in [-0.4, -0.2) is 24.3 Å². The van der Waals surface area contributed by atoms with Gasteiger partial charge in [0.2, 0.25) is 5.78 Å². The molecule has 4 rings (SSSR count). The molecule has 4 saturated carbocycles. The second kappa shape index (κ2) is 4.50. The predicted octanol–water partition coefficient (Wildman–Crippen LogP) is 2.97. The van der Waals surface area contributed by atoms with Crippen molar-refractivity contribution in [3.8, 4) is 0 Å². The molecule has 0 aromatic carbocycles. The first kappa shape index (κ1) is 14.0. The Balaban J connectivity index is 1.85. The van der Waals surface area contributed by atoms with Crippen molar-refractivity contribution in [2.45, 2.75) is 51.4 Å². The van der Waals surface area contributed by atoms with Crippen LogP contribution < -0.4 is 0 Å². The molecule has 0 aromatic rings. The molecule has 0 heterocycles. The lowest BCUT2D eigenvalue weighted by Crippen LogP contribution is -2.56. The molecule has 0 aliphatic heterocycles. The van der Waals surface area contributed by atoms with E-state index in [9.17, 15) is 18.4 Å². The van der Waals surface area contributed by atoms with E-state index >= 15 is 0 Å². The minimum absolute atomic E-state index is 0.136. The molecule has 0 aromatic heterocycles. The number of ether oxygens (including phenoxy) is 1. The van der Waals surface area contributed by atoms with Crippen molar-refractivity contribution < 1.29 is 23.1 Å². The van der Waals surface area contributed by atoms with Gasteiger partial charge in [-0.3, -0.25) is 4.79 Å². The van der Waals surface area contributed by atoms with E-state index in [-0.39, 0.29) is 6.61 Å². The Morgan fingerprint density at radius 3 is 1.95 bits per heavy atom. The average Bonchev–Trinajstić information content (AvgIpc) is 2.36. The summed E-state index contributed by atoms with van der Waals surface area (Å²) in [5.41, 5.74) is -0.967. The molecule has 0 radical (unpaired) electrons. The van der Waals surface area contributed by atoms with Gasteiger partial charge in [-0.1, -0.05) is 0 Å². The topological polar surface area (TPSA) is 43.4 Å². The molecule has 4 bridgehead atoms. The Labute approximate surface area is 117 Å². The van der Waals surface area contributed by atoms with Crippen LogP contribution in [0.5, 0.6) is 0 Å². The minimum Gasteiger partial charge on any atom is -0.461 e. The van der Waals surface area contributed by atoms with Gasteiger partial charge < -0.3 is 4.74 Å². The molecule has 0 unspecified atom stereocenters. The maximum Gasteiger partial charge on any atom is 0.400 e. The number of ketones is 1. The van der Waals surface area contributed by atoms with Gasteiger partial charge in [0.15, 0.2) is 0 Å². The van der Waals surface area contributed by atoms with Gasteiger partial charge in [0.1, 0.15) is 0 Å². The van der Waals surface area contributed by atoms with Crippen LogP contribution in [0.15, 0.2) is 0 Å². The lowest BCUT2D eigenvalue weighted by atomic mass is 9.48. The number of esters is 1. The number of Topliss-reactive ketones (excluding diaryl/α,β-unsaturated/α-hetero) is 1. The number of alkyl halides is 2. The normalized spacial score (nSPS) is 38.9. The molecular formula is C15H20F2O3. The summed E-state index contributed by atoms with van der Waals surface area (Å²) in [4.78, 5) is 23.8. The first-order valence-electron chi connectivity index (χ1n) is 7.47. The van der Waals surface area contributed by atoms with E-state index in [0.717, 1.165) is 19.3 Å². The van der Waals surface area contributed by atoms with Crippen molar-refractivity contribution in [1.82, 2.24) is 0 Å². The molecule has 5 heteroatoms. The molecule has 0 atom stereocenters. The van der Waals surface area contributed by atoms with Crippen molar-refractivity contribution in [3.63, 3.8) is 0 Å². The van der Waals surface area contributed by atoms with Gasteiger partial charge >= 0.3 is 11.9 Å². The molecule has 0 amide bonds. The number of halogens is 2. The molecular weight excluding hydrogens is 266 g/mol. The highest BCUT2D eigenvalue weighted by atomic mass is 19.3. The van der Waals surface area contributed by atoms with Gasteiger partial charge in [-0.25, -0.2) is 4.79 Å². The standard InChI is InChI=1S/C15H20F2O3/c1-2-20-13(19)15(16,17)12(18)14-6-9-3-10(7-14)5-11(4-9)8-14/h9-11H,2-8H2,1H3. The number of carbonyl (C=O) groups is 2. The molecule has 3 nitrogen and oxygen atoms in total. The third-order valence-corrected chi connectivity index (χ3v) is 5.34. The number of rotatable bonds is 4. The Morgan fingerprint density at radius 2 is 1.55 bits per heavy atom. The highest BCUT2D eigenvalue weighted by molar-refractivity contribution is 6.08. The number of hydrogen-bond donors (Lipinski definition) is 0. The van der Waals surface area contributed by atoms with E-state index in [1.165, 1.54) is 6.92 Å². The molecule has 0 spiro atoms. The van der Waals surface area contributed by atoms with Crippen molar-refractivity contribution in [3.05, 3.63) is 0 Å². The maximum atomic E-state index is 14.1. The fourth-order valence-corrected chi connectivity index (χ4v) is 5.04. The van der Waals surface area contributed by atoms with E-state index in [1.54, 1.807) is 0 Å². The number of hydrogen-bond acceptors (Lipinski definition) is 3. The summed E-state index contributed by atoms with van der Waals surface area (Å²) < 4.78 is 32.5. The zero-order valence-corrected chi connectivity index (χ0v) is 11.7. The molecule has 4 fully saturated rings. The summed E-state index contributed by atoms with van der Waals surface area (Å²) >= 11 is 0. The summed E-state index contributed by atoms with van der Waals surface area (Å²) in [6.07, 6.45) is 4.80. The van der Waals surface area contributed by atoms with Gasteiger partial charge in [-0.05, 0) is 63.2 Å². The Kier molecular flexibility index (Phi) is 3.14. The second-order valence-electron chi connectivity index (χ2n) is 6.82. The molecule has 112 valence electrons. The van der Waals surface area contributed by atoms with Crippen molar-refractivity contribution in [2.24, 2.45) is 23.2 Å². The van der Waals surface area contributed by atoms with E-state index in [1.807, 2.05) is 0 Å². The summed E-state index contributed by atoms with van der Waals surface area (Å²) in [5, 5.41) is 0. The average molecular weight is 286 g/mol. The van der Waals surface area contributed by atoms with Crippen LogP contribution in [0.2, 0.25) is 0 Å². The molecule has 20 heavy (non-hydrogen) atoms. The predicted molar refractivity (Wildman–Crippen MR) is 67.2 cm³/mol. The SMILES string of the molecule is CCOC(=O)C(F)(F)C(=O)C12CC3CC(CC(C3)C1)C2. The molecule has 4 aliphatic carbocycles. The van der Waals surface area contributed by atoms with E-state index in [2.05, 4.69) is 4.74 Å². The van der Waals surface area contributed by atoms with Gasteiger partial charge in [-0.2, -0.15) is 8.78 Å². The monoisotopic (exact) mass is 286 g/mol. The Hall–Kier alpha value is -1.00. The first-order chi connectivity index (χ1) is 9.37. The highest BCUT2D eigenvalue weighted by Crippen LogP contribution is 2.61. The Morgan fingerprint density at radius 1 is 1.10 bits per heavy atom. The smallest absolute Gasteiger partial charge is 0.400 e. The van der Waals surface area contributed by atoms with Gasteiger partial charge in [0, 0.05) is 5.41 Å². The molecule has 0 saturated heterocycles. The van der Waals surface area contributed by atoms with Gasteiger partial charge in [0.25, 0.3) is 0 Å². The van der Waals surface area contributed by atoms with Crippen LogP contribution in [0.25, 0.3) is 0 Å². The fraction of sp³-hybridized carbons (Fsp3) is 0.867. The van der Waals surface area contributed by atoms with Crippen molar-refractivity contribution in [1.29, 1.82) is 0 Å². The van der Waals surface area contributed by atoms with E-state index < -0.39 is 23.1 Å². The Bertz CT molecular complexity index is 409. The minimum atomic E-state index is -3.98. The van der Waals surface area contributed by atoms with Gasteiger partial charge in [0.05, 0.1) is 6.61 Å². The van der Waals surface area contributed by atoms with E-state index in [0.29, 0.717) is 37.0 Å². The van der Waals surface area contributed by atoms with Crippen molar-refractivity contribution >= 4 is 11.8 Å². The first-order valence-corrected chi connectivity index (χ1v) is 7.47. The third kappa shape index (κ3) is 1.97. The van der Waals surface area contributed by atoms with E-state index in [4.69, 9.17) is 0 Å². The largest absolute Gasteiger partial charge is 0.461 e. The van der Waals surface area contributed by atoms with Crippen LogP contribution in [0.3, 0.4) is 0 Å². The fourth-order valence-electron chi connectivity index (χ4n) is 5.04.